The summed E-state index contributed by atoms with van der Waals surface area (Å²) < 4.78 is 8.90. The van der Waals surface area contributed by atoms with Gasteiger partial charge in [-0.25, -0.2) is 4.68 Å². The lowest BCUT2D eigenvalue weighted by molar-refractivity contribution is -0.131. The van der Waals surface area contributed by atoms with E-state index >= 15 is 0 Å². The van der Waals surface area contributed by atoms with Crippen LogP contribution in [0, 0.1) is 6.92 Å². The van der Waals surface area contributed by atoms with Gasteiger partial charge >= 0.3 is 0 Å². The molecule has 2 aromatic heterocycles. The van der Waals surface area contributed by atoms with E-state index in [-0.39, 0.29) is 11.5 Å². The zero-order chi connectivity index (χ0) is 23.7. The minimum Gasteiger partial charge on any atom is -0.497 e. The Hall–Kier alpha value is -3.39. The molecule has 8 heteroatoms. The number of carbonyl (C=O) groups is 1. The summed E-state index contributed by atoms with van der Waals surface area (Å²) in [7, 11) is 1.67. The van der Waals surface area contributed by atoms with Gasteiger partial charge < -0.3 is 14.5 Å². The first-order chi connectivity index (χ1) is 16.5. The van der Waals surface area contributed by atoms with Crippen molar-refractivity contribution in [2.24, 2.45) is 0 Å². The summed E-state index contributed by atoms with van der Waals surface area (Å²) in [5, 5.41) is 6.26. The highest BCUT2D eigenvalue weighted by atomic mass is 32.1. The lowest BCUT2D eigenvalue weighted by Gasteiger charge is -2.36. The Kier molecular flexibility index (Phi) is 6.24. The molecule has 0 N–H and O–H groups in total. The largest absolute Gasteiger partial charge is 0.497 e. The molecule has 4 aromatic rings. The maximum absolute atomic E-state index is 13.1. The number of aryl methyl sites for hydroxylation is 2. The molecule has 2 aromatic carbocycles. The third-order valence-electron chi connectivity index (χ3n) is 6.45. The second-order valence-electron chi connectivity index (χ2n) is 8.59. The van der Waals surface area contributed by atoms with Gasteiger partial charge in [0, 0.05) is 61.0 Å². The molecule has 1 fully saturated rings. The number of fused-ring (bicyclic) bond motifs is 3. The van der Waals surface area contributed by atoms with Gasteiger partial charge in [0.25, 0.3) is 5.56 Å². The molecule has 0 atom stereocenters. The summed E-state index contributed by atoms with van der Waals surface area (Å²) in [6.07, 6.45) is 1.00. The summed E-state index contributed by atoms with van der Waals surface area (Å²) in [5.41, 5.74) is 1.90. The summed E-state index contributed by atoms with van der Waals surface area (Å²) in [6, 6.07) is 16.0. The molecular weight excluding hydrogens is 448 g/mol. The molecule has 0 spiro atoms. The van der Waals surface area contributed by atoms with Crippen LogP contribution in [0.4, 0.5) is 5.69 Å². The average Bonchev–Trinajstić information content (AvgIpc) is 3.27. The molecule has 34 heavy (non-hydrogen) atoms. The van der Waals surface area contributed by atoms with Gasteiger partial charge in [-0.2, -0.15) is 5.10 Å². The van der Waals surface area contributed by atoms with E-state index < -0.39 is 0 Å². The Morgan fingerprint density at radius 2 is 1.88 bits per heavy atom. The molecule has 0 aliphatic carbocycles. The predicted octanol–water partition coefficient (Wildman–Crippen LogP) is 4.06. The van der Waals surface area contributed by atoms with Crippen LogP contribution in [0.1, 0.15) is 18.5 Å². The second kappa shape index (κ2) is 9.46. The van der Waals surface area contributed by atoms with Crippen LogP contribution in [0.5, 0.6) is 5.75 Å². The maximum Gasteiger partial charge on any atom is 0.276 e. The molecule has 1 aliphatic rings. The Balaban J connectivity index is 1.20. The van der Waals surface area contributed by atoms with Crippen molar-refractivity contribution in [3.8, 4) is 5.75 Å². The molecule has 0 unspecified atom stereocenters. The molecule has 7 nitrogen and oxygen atoms in total. The molecule has 1 saturated heterocycles. The molecule has 0 saturated carbocycles. The van der Waals surface area contributed by atoms with Crippen molar-refractivity contribution in [2.75, 3.05) is 38.2 Å². The summed E-state index contributed by atoms with van der Waals surface area (Å²) in [6.45, 7) is 5.36. The molecule has 1 aliphatic heterocycles. The van der Waals surface area contributed by atoms with Crippen LogP contribution in [-0.4, -0.2) is 53.9 Å². The van der Waals surface area contributed by atoms with Gasteiger partial charge in [-0.05, 0) is 31.5 Å². The number of thiophene rings is 1. The quantitative estimate of drug-likeness (QED) is 0.420. The third kappa shape index (κ3) is 4.25. The van der Waals surface area contributed by atoms with E-state index in [1.165, 1.54) is 4.68 Å². The van der Waals surface area contributed by atoms with E-state index in [0.29, 0.717) is 32.5 Å². The number of amides is 1. The number of rotatable bonds is 6. The first-order valence-corrected chi connectivity index (χ1v) is 12.4. The van der Waals surface area contributed by atoms with Crippen molar-refractivity contribution >= 4 is 43.1 Å². The van der Waals surface area contributed by atoms with Crippen LogP contribution in [-0.2, 0) is 11.3 Å². The molecule has 1 amide bonds. The van der Waals surface area contributed by atoms with Gasteiger partial charge in [-0.15, -0.1) is 11.3 Å². The van der Waals surface area contributed by atoms with E-state index in [0.717, 1.165) is 50.4 Å². The Bertz CT molecular complexity index is 1400. The zero-order valence-electron chi connectivity index (χ0n) is 19.5. The normalized spacial score (nSPS) is 14.2. The van der Waals surface area contributed by atoms with Crippen LogP contribution in [0.3, 0.4) is 0 Å². The second-order valence-corrected chi connectivity index (χ2v) is 9.64. The highest BCUT2D eigenvalue weighted by Crippen LogP contribution is 2.32. The summed E-state index contributed by atoms with van der Waals surface area (Å²) in [4.78, 5) is 30.2. The number of benzene rings is 2. The fourth-order valence-corrected chi connectivity index (χ4v) is 5.76. The molecule has 0 bridgehead atoms. The first kappa shape index (κ1) is 22.4. The molecule has 0 radical (unpaired) electrons. The maximum atomic E-state index is 13.1. The third-order valence-corrected chi connectivity index (χ3v) is 7.73. The molecule has 5 rings (SSSR count). The van der Waals surface area contributed by atoms with Crippen molar-refractivity contribution in [1.82, 2.24) is 14.7 Å². The van der Waals surface area contributed by atoms with Crippen LogP contribution >= 0.6 is 11.3 Å². The van der Waals surface area contributed by atoms with Gasteiger partial charge in [0.2, 0.25) is 5.91 Å². The fourth-order valence-electron chi connectivity index (χ4n) is 4.62. The topological polar surface area (TPSA) is 67.7 Å². The lowest BCUT2D eigenvalue weighted by Crippen LogP contribution is -2.48. The minimum absolute atomic E-state index is 0.0718. The number of anilines is 1. The van der Waals surface area contributed by atoms with Crippen molar-refractivity contribution in [1.29, 1.82) is 0 Å². The van der Waals surface area contributed by atoms with Gasteiger partial charge in [0.1, 0.15) is 5.75 Å². The van der Waals surface area contributed by atoms with E-state index in [1.807, 2.05) is 54.3 Å². The van der Waals surface area contributed by atoms with E-state index in [1.54, 1.807) is 18.4 Å². The van der Waals surface area contributed by atoms with Crippen LogP contribution in [0.25, 0.3) is 20.2 Å². The number of nitrogens with zero attached hydrogens (tertiary/aromatic N) is 4. The van der Waals surface area contributed by atoms with Gasteiger partial charge in [-0.3, -0.25) is 9.59 Å². The van der Waals surface area contributed by atoms with E-state index in [4.69, 9.17) is 4.74 Å². The SMILES string of the molecule is COc1cccc(N2CCN(C(=O)CCCn3nc(C)c4sc5ccccc5c4c3=O)CC2)c1. The summed E-state index contributed by atoms with van der Waals surface area (Å²) in [5.74, 6) is 0.973. The Morgan fingerprint density at radius 3 is 2.68 bits per heavy atom. The Labute approximate surface area is 202 Å². The lowest BCUT2D eigenvalue weighted by atomic mass is 10.2. The van der Waals surface area contributed by atoms with E-state index in [2.05, 4.69) is 16.1 Å². The molecule has 176 valence electrons. The summed E-state index contributed by atoms with van der Waals surface area (Å²) >= 11 is 1.61. The highest BCUT2D eigenvalue weighted by molar-refractivity contribution is 7.26. The minimum atomic E-state index is -0.0718. The van der Waals surface area contributed by atoms with Crippen molar-refractivity contribution in [3.05, 3.63) is 64.6 Å². The van der Waals surface area contributed by atoms with E-state index in [9.17, 15) is 9.59 Å². The zero-order valence-corrected chi connectivity index (χ0v) is 20.3. The fraction of sp³-hybridized carbons (Fsp3) is 0.346. The smallest absolute Gasteiger partial charge is 0.276 e. The average molecular weight is 477 g/mol. The predicted molar refractivity (Wildman–Crippen MR) is 137 cm³/mol. The Morgan fingerprint density at radius 1 is 1.09 bits per heavy atom. The number of hydrogen-bond donors (Lipinski definition) is 0. The van der Waals surface area contributed by atoms with Crippen LogP contribution < -0.4 is 15.2 Å². The van der Waals surface area contributed by atoms with Crippen molar-refractivity contribution < 1.29 is 9.53 Å². The number of hydrogen-bond acceptors (Lipinski definition) is 6. The number of carbonyl (C=O) groups excluding carboxylic acids is 1. The van der Waals surface area contributed by atoms with Gasteiger partial charge in [0.15, 0.2) is 0 Å². The number of ether oxygens (including phenoxy) is 1. The van der Waals surface area contributed by atoms with Crippen LogP contribution in [0.2, 0.25) is 0 Å². The highest BCUT2D eigenvalue weighted by Gasteiger charge is 2.21. The number of piperazine rings is 1. The standard InChI is InChI=1S/C26H28N4O3S/c1-18-25-24(21-9-3-4-10-22(21)34-25)26(32)30(27-18)12-6-11-23(31)29-15-13-28(14-16-29)19-7-5-8-20(17-19)33-2/h3-5,7-10,17H,6,11-16H2,1-2H3. The van der Waals surface area contributed by atoms with Crippen LogP contribution in [0.15, 0.2) is 53.3 Å². The van der Waals surface area contributed by atoms with Crippen molar-refractivity contribution in [3.63, 3.8) is 0 Å². The first-order valence-electron chi connectivity index (χ1n) is 11.6. The van der Waals surface area contributed by atoms with Gasteiger partial charge in [0.05, 0.1) is 22.9 Å². The number of aromatic nitrogens is 2. The molecular formula is C26H28N4O3S. The number of methoxy groups -OCH3 is 1. The monoisotopic (exact) mass is 476 g/mol. The van der Waals surface area contributed by atoms with Gasteiger partial charge in [-0.1, -0.05) is 24.3 Å². The van der Waals surface area contributed by atoms with Crippen molar-refractivity contribution in [2.45, 2.75) is 26.3 Å². The molecule has 3 heterocycles.